The van der Waals surface area contributed by atoms with E-state index in [1.807, 2.05) is 6.92 Å². The van der Waals surface area contributed by atoms with Crippen molar-refractivity contribution >= 4 is 11.9 Å². The second-order valence-electron chi connectivity index (χ2n) is 3.24. The van der Waals surface area contributed by atoms with Crippen LogP contribution in [0, 0.1) is 0 Å². The van der Waals surface area contributed by atoms with Gasteiger partial charge in [0.25, 0.3) is 0 Å². The number of piperidine rings is 1. The number of hydrogen-bond donors (Lipinski definition) is 1. The minimum atomic E-state index is -0.361. The van der Waals surface area contributed by atoms with Crippen LogP contribution in [0.15, 0.2) is 0 Å². The minimum absolute atomic E-state index is 0.173. The van der Waals surface area contributed by atoms with Gasteiger partial charge in [0.15, 0.2) is 5.78 Å². The van der Waals surface area contributed by atoms with Crippen LogP contribution in [-0.4, -0.2) is 49.6 Å². The van der Waals surface area contributed by atoms with Gasteiger partial charge in [-0.2, -0.15) is 0 Å². The molecule has 0 aliphatic carbocycles. The van der Waals surface area contributed by atoms with Gasteiger partial charge in [-0.3, -0.25) is 4.79 Å². The molecular weight excluding hydrogens is 184 g/mol. The first-order chi connectivity index (χ1) is 6.69. The molecule has 0 radical (unpaired) electrons. The summed E-state index contributed by atoms with van der Waals surface area (Å²) in [4.78, 5) is 24.1. The van der Waals surface area contributed by atoms with E-state index in [1.165, 1.54) is 7.11 Å². The summed E-state index contributed by atoms with van der Waals surface area (Å²) in [5.41, 5.74) is 0. The van der Waals surface area contributed by atoms with E-state index in [9.17, 15) is 9.59 Å². The van der Waals surface area contributed by atoms with Crippen LogP contribution in [0.2, 0.25) is 0 Å². The molecule has 1 atom stereocenters. The number of Topliss-reactive ketones (excluding diaryl/α,β-unsaturated/α-hetero) is 1. The molecule has 0 aromatic heterocycles. The number of methoxy groups -OCH3 is 1. The predicted octanol–water partition coefficient (Wildman–Crippen LogP) is 0.00570. The number of likely N-dealkylation sites (N-methyl/N-ethyl adjacent to an activating group) is 1. The van der Waals surface area contributed by atoms with Crippen molar-refractivity contribution in [3.05, 3.63) is 0 Å². The van der Waals surface area contributed by atoms with Crippen LogP contribution in [0.4, 0.5) is 4.79 Å². The van der Waals surface area contributed by atoms with Crippen molar-refractivity contribution in [2.24, 2.45) is 0 Å². The Morgan fingerprint density at radius 3 is 3.00 bits per heavy atom. The summed E-state index contributed by atoms with van der Waals surface area (Å²) in [5, 5.41) is 3.04. The fourth-order valence-electron chi connectivity index (χ4n) is 1.55. The second-order valence-corrected chi connectivity index (χ2v) is 3.24. The number of nitrogens with one attached hydrogen (secondary N) is 1. The molecule has 1 fully saturated rings. The molecule has 1 N–H and O–H groups in total. The number of likely N-dealkylation sites (tertiary alicyclic amines) is 1. The van der Waals surface area contributed by atoms with Gasteiger partial charge in [-0.1, -0.05) is 6.92 Å². The van der Waals surface area contributed by atoms with E-state index in [1.54, 1.807) is 4.90 Å². The third-order valence-electron chi connectivity index (χ3n) is 2.30. The Balaban J connectivity index is 2.52. The zero-order chi connectivity index (χ0) is 10.6. The fraction of sp³-hybridized carbons (Fsp3) is 0.778. The molecule has 0 unspecified atom stereocenters. The molecule has 1 saturated heterocycles. The molecule has 14 heavy (non-hydrogen) atoms. The quantitative estimate of drug-likeness (QED) is 0.682. The van der Waals surface area contributed by atoms with Crippen LogP contribution in [-0.2, 0) is 9.53 Å². The molecule has 0 aromatic carbocycles. The van der Waals surface area contributed by atoms with Crippen LogP contribution in [0.3, 0.4) is 0 Å². The lowest BCUT2D eigenvalue weighted by atomic mass is 10.0. The van der Waals surface area contributed by atoms with Gasteiger partial charge in [-0.05, 0) is 6.54 Å². The van der Waals surface area contributed by atoms with Crippen molar-refractivity contribution in [1.82, 2.24) is 10.2 Å². The van der Waals surface area contributed by atoms with Crippen molar-refractivity contribution in [2.75, 3.05) is 26.7 Å². The van der Waals surface area contributed by atoms with Gasteiger partial charge < -0.3 is 15.0 Å². The fourth-order valence-corrected chi connectivity index (χ4v) is 1.55. The Bertz CT molecular complexity index is 222. The smallest absolute Gasteiger partial charge is 0.409 e. The summed E-state index contributed by atoms with van der Waals surface area (Å²) in [6.07, 6.45) is 0.0488. The first-order valence-electron chi connectivity index (χ1n) is 4.78. The third kappa shape index (κ3) is 2.45. The highest BCUT2D eigenvalue weighted by Crippen LogP contribution is 2.07. The lowest BCUT2D eigenvalue weighted by molar-refractivity contribution is -0.123. The largest absolute Gasteiger partial charge is 0.453 e. The number of carbonyl (C=O) groups excluding carboxylic acids is 2. The average Bonchev–Trinajstić information content (AvgIpc) is 2.20. The van der Waals surface area contributed by atoms with Crippen LogP contribution in [0.25, 0.3) is 0 Å². The number of amides is 1. The lowest BCUT2D eigenvalue weighted by Gasteiger charge is -2.30. The third-order valence-corrected chi connectivity index (χ3v) is 2.30. The van der Waals surface area contributed by atoms with Gasteiger partial charge in [0, 0.05) is 19.5 Å². The number of rotatable bonds is 2. The lowest BCUT2D eigenvalue weighted by Crippen LogP contribution is -2.53. The maximum Gasteiger partial charge on any atom is 0.409 e. The van der Waals surface area contributed by atoms with Gasteiger partial charge in [0.1, 0.15) is 0 Å². The summed E-state index contributed by atoms with van der Waals surface area (Å²) in [7, 11) is 1.35. The Kier molecular flexibility index (Phi) is 3.88. The molecule has 80 valence electrons. The molecule has 0 bridgehead atoms. The maximum atomic E-state index is 11.4. The van der Waals surface area contributed by atoms with E-state index >= 15 is 0 Å². The summed E-state index contributed by atoms with van der Waals surface area (Å²) < 4.78 is 4.60. The van der Waals surface area contributed by atoms with E-state index in [0.717, 1.165) is 6.54 Å². The van der Waals surface area contributed by atoms with E-state index in [0.29, 0.717) is 19.5 Å². The molecule has 5 heteroatoms. The highest BCUT2D eigenvalue weighted by molar-refractivity contribution is 5.86. The molecule has 0 saturated carbocycles. The highest BCUT2D eigenvalue weighted by atomic mass is 16.5. The number of carbonyl (C=O) groups is 2. The summed E-state index contributed by atoms with van der Waals surface area (Å²) in [6, 6.07) is -0.229. The summed E-state index contributed by atoms with van der Waals surface area (Å²) in [5.74, 6) is 0.173. The van der Waals surface area contributed by atoms with Crippen LogP contribution < -0.4 is 5.32 Å². The number of ether oxygens (including phenoxy) is 1. The molecule has 5 nitrogen and oxygen atoms in total. The molecule has 0 spiro atoms. The molecular formula is C9H16N2O3. The van der Waals surface area contributed by atoms with E-state index < -0.39 is 0 Å². The summed E-state index contributed by atoms with van der Waals surface area (Å²) >= 11 is 0. The van der Waals surface area contributed by atoms with Gasteiger partial charge in [-0.25, -0.2) is 4.79 Å². The SMILES string of the molecule is CCN[C@@H]1CN(C(=O)OC)CCC1=O. The van der Waals surface area contributed by atoms with Crippen molar-refractivity contribution in [3.63, 3.8) is 0 Å². The molecule has 1 aliphatic heterocycles. The zero-order valence-corrected chi connectivity index (χ0v) is 8.58. The van der Waals surface area contributed by atoms with Gasteiger partial charge in [0.05, 0.1) is 13.2 Å². The Morgan fingerprint density at radius 2 is 2.43 bits per heavy atom. The van der Waals surface area contributed by atoms with Crippen molar-refractivity contribution in [1.29, 1.82) is 0 Å². The first kappa shape index (κ1) is 11.0. The number of nitrogens with zero attached hydrogens (tertiary/aromatic N) is 1. The molecule has 1 aliphatic rings. The predicted molar refractivity (Wildman–Crippen MR) is 51.1 cm³/mol. The first-order valence-corrected chi connectivity index (χ1v) is 4.78. The normalized spacial score (nSPS) is 22.3. The molecule has 1 rings (SSSR count). The highest BCUT2D eigenvalue weighted by Gasteiger charge is 2.29. The van der Waals surface area contributed by atoms with Crippen molar-refractivity contribution in [3.8, 4) is 0 Å². The van der Waals surface area contributed by atoms with Crippen LogP contribution >= 0.6 is 0 Å². The number of hydrogen-bond acceptors (Lipinski definition) is 4. The van der Waals surface area contributed by atoms with Gasteiger partial charge >= 0.3 is 6.09 Å². The molecule has 1 heterocycles. The Labute approximate surface area is 83.4 Å². The molecule has 0 aromatic rings. The Morgan fingerprint density at radius 1 is 1.71 bits per heavy atom. The van der Waals surface area contributed by atoms with Crippen molar-refractivity contribution < 1.29 is 14.3 Å². The van der Waals surface area contributed by atoms with Crippen LogP contribution in [0.5, 0.6) is 0 Å². The zero-order valence-electron chi connectivity index (χ0n) is 8.58. The summed E-state index contributed by atoms with van der Waals surface area (Å²) in [6.45, 7) is 3.54. The monoisotopic (exact) mass is 200 g/mol. The molecule has 1 amide bonds. The minimum Gasteiger partial charge on any atom is -0.453 e. The van der Waals surface area contributed by atoms with Gasteiger partial charge in [-0.15, -0.1) is 0 Å². The topological polar surface area (TPSA) is 58.6 Å². The van der Waals surface area contributed by atoms with Gasteiger partial charge in [0.2, 0.25) is 0 Å². The van der Waals surface area contributed by atoms with Crippen LogP contribution in [0.1, 0.15) is 13.3 Å². The average molecular weight is 200 g/mol. The standard InChI is InChI=1S/C9H16N2O3/c1-3-10-7-6-11(9(13)14-2)5-4-8(7)12/h7,10H,3-6H2,1-2H3/t7-/m1/s1. The van der Waals surface area contributed by atoms with Crippen molar-refractivity contribution in [2.45, 2.75) is 19.4 Å². The maximum absolute atomic E-state index is 11.4. The number of ketones is 1. The second kappa shape index (κ2) is 4.95. The van der Waals surface area contributed by atoms with E-state index in [4.69, 9.17) is 0 Å². The van der Waals surface area contributed by atoms with E-state index in [2.05, 4.69) is 10.1 Å². The van der Waals surface area contributed by atoms with E-state index in [-0.39, 0.29) is 17.9 Å². The Hall–Kier alpha value is -1.10.